The summed E-state index contributed by atoms with van der Waals surface area (Å²) in [5, 5.41) is 12.9. The van der Waals surface area contributed by atoms with Crippen molar-refractivity contribution in [3.05, 3.63) is 59.7 Å². The zero-order valence-electron chi connectivity index (χ0n) is 18.6. The number of nitrogens with zero attached hydrogens (tertiary/aromatic N) is 2. The Morgan fingerprint density at radius 3 is 2.42 bits per heavy atom. The van der Waals surface area contributed by atoms with E-state index in [9.17, 15) is 4.79 Å². The zero-order chi connectivity index (χ0) is 22.5. The lowest BCUT2D eigenvalue weighted by Crippen LogP contribution is -2.50. The molecular weight excluding hydrogens is 388 g/mol. The van der Waals surface area contributed by atoms with Crippen LogP contribution in [0.5, 0.6) is 5.75 Å². The Bertz CT molecular complexity index is 944. The van der Waals surface area contributed by atoms with Crippen LogP contribution in [-0.2, 0) is 5.54 Å². The minimum atomic E-state index is -0.518. The maximum absolute atomic E-state index is 12.4. The van der Waals surface area contributed by atoms with Crippen LogP contribution in [0, 0.1) is 16.7 Å². The highest BCUT2D eigenvalue weighted by Gasteiger charge is 2.42. The van der Waals surface area contributed by atoms with E-state index in [1.54, 1.807) is 23.1 Å². The second-order valence-electron chi connectivity index (χ2n) is 8.71. The second-order valence-corrected chi connectivity index (χ2v) is 8.71. The molecule has 2 aromatic carbocycles. The van der Waals surface area contributed by atoms with Crippen molar-refractivity contribution < 1.29 is 9.53 Å². The Kier molecular flexibility index (Phi) is 6.87. The van der Waals surface area contributed by atoms with E-state index >= 15 is 0 Å². The zero-order valence-corrected chi connectivity index (χ0v) is 18.6. The lowest BCUT2D eigenvalue weighted by Gasteiger charge is -2.47. The molecule has 3 rings (SSSR count). The number of nitriles is 1. The predicted octanol–water partition coefficient (Wildman–Crippen LogP) is 4.54. The van der Waals surface area contributed by atoms with Crippen LogP contribution in [0.4, 0.5) is 10.5 Å². The van der Waals surface area contributed by atoms with E-state index in [-0.39, 0.29) is 11.0 Å². The van der Waals surface area contributed by atoms with Crippen molar-refractivity contribution in [2.45, 2.75) is 45.1 Å². The largest absolute Gasteiger partial charge is 0.495 e. The molecule has 0 aliphatic heterocycles. The lowest BCUT2D eigenvalue weighted by atomic mass is 9.66. The van der Waals surface area contributed by atoms with Crippen LogP contribution >= 0.6 is 0 Å². The highest BCUT2D eigenvalue weighted by Crippen LogP contribution is 2.46. The molecule has 0 bridgehead atoms. The Morgan fingerprint density at radius 2 is 1.87 bits per heavy atom. The van der Waals surface area contributed by atoms with Crippen LogP contribution in [-0.4, -0.2) is 26.2 Å². The van der Waals surface area contributed by atoms with Crippen molar-refractivity contribution >= 4 is 11.7 Å². The van der Waals surface area contributed by atoms with Crippen LogP contribution in [0.15, 0.2) is 48.5 Å². The first-order valence-corrected chi connectivity index (χ1v) is 10.8. The summed E-state index contributed by atoms with van der Waals surface area (Å²) in [4.78, 5) is 14.0. The predicted molar refractivity (Wildman–Crippen MR) is 123 cm³/mol. The van der Waals surface area contributed by atoms with Crippen LogP contribution < -0.4 is 20.7 Å². The maximum Gasteiger partial charge on any atom is 0.319 e. The number of carbonyl (C=O) groups excluding carboxylic acids is 1. The first kappa shape index (κ1) is 22.6. The van der Waals surface area contributed by atoms with Gasteiger partial charge in [0.15, 0.2) is 0 Å². The van der Waals surface area contributed by atoms with Gasteiger partial charge in [-0.2, -0.15) is 5.26 Å². The number of hydrogen-bond acceptors (Lipinski definition) is 4. The molecule has 0 spiro atoms. The molecular formula is C25H32N4O2. The van der Waals surface area contributed by atoms with Crippen molar-refractivity contribution in [1.82, 2.24) is 5.32 Å². The van der Waals surface area contributed by atoms with E-state index in [0.717, 1.165) is 32.2 Å². The Hall–Kier alpha value is -3.04. The number of methoxy groups -OCH3 is 1. The molecule has 2 aromatic rings. The molecule has 3 N–H and O–H groups in total. The van der Waals surface area contributed by atoms with E-state index in [2.05, 4.69) is 49.5 Å². The van der Waals surface area contributed by atoms with E-state index in [4.69, 9.17) is 15.7 Å². The minimum Gasteiger partial charge on any atom is -0.495 e. The highest BCUT2D eigenvalue weighted by atomic mass is 16.5. The third-order valence-corrected chi connectivity index (χ3v) is 6.56. The summed E-state index contributed by atoms with van der Waals surface area (Å²) in [5.41, 5.74) is 8.06. The molecule has 2 amide bonds. The van der Waals surface area contributed by atoms with E-state index in [0.29, 0.717) is 23.5 Å². The number of carbonyl (C=O) groups is 1. The van der Waals surface area contributed by atoms with Crippen molar-refractivity contribution in [1.29, 1.82) is 5.26 Å². The van der Waals surface area contributed by atoms with E-state index < -0.39 is 6.03 Å². The number of benzene rings is 2. The van der Waals surface area contributed by atoms with Gasteiger partial charge in [-0.25, -0.2) is 4.79 Å². The van der Waals surface area contributed by atoms with Crippen molar-refractivity contribution in [2.75, 3.05) is 25.1 Å². The summed E-state index contributed by atoms with van der Waals surface area (Å²) in [5.74, 6) is 0.476. The Morgan fingerprint density at radius 1 is 1.19 bits per heavy atom. The van der Waals surface area contributed by atoms with Crippen LogP contribution in [0.2, 0.25) is 0 Å². The number of nitrogens with two attached hydrogens (primary N) is 1. The van der Waals surface area contributed by atoms with Crippen LogP contribution in [0.25, 0.3) is 0 Å². The highest BCUT2D eigenvalue weighted by molar-refractivity contribution is 5.92. The molecule has 31 heavy (non-hydrogen) atoms. The molecule has 0 saturated heterocycles. The van der Waals surface area contributed by atoms with Gasteiger partial charge < -0.3 is 15.8 Å². The van der Waals surface area contributed by atoms with Crippen molar-refractivity contribution in [3.8, 4) is 11.8 Å². The average molecular weight is 421 g/mol. The molecule has 0 aromatic heterocycles. The maximum atomic E-state index is 12.4. The molecule has 0 heterocycles. The molecule has 0 atom stereocenters. The summed E-state index contributed by atoms with van der Waals surface area (Å²) in [6.45, 7) is 5.77. The molecule has 1 aliphatic rings. The van der Waals surface area contributed by atoms with Gasteiger partial charge in [0.05, 0.1) is 24.4 Å². The number of primary amides is 1. The van der Waals surface area contributed by atoms with Crippen LogP contribution in [0.1, 0.15) is 50.7 Å². The quantitative estimate of drug-likeness (QED) is 0.688. The number of nitrogens with one attached hydrogen (secondary N) is 1. The second kappa shape index (κ2) is 9.40. The fourth-order valence-electron chi connectivity index (χ4n) is 4.74. The standard InChI is InChI=1S/C25H32N4O2/c1-4-28-25(20-8-6-5-7-9-20)14-12-24(2,13-15-25)18-29(23(27)30)21-11-10-19(17-26)16-22(21)31-3/h5-11,16,28H,4,12-15,18H2,1-3H3,(H2,27,30)/t24-,25-. The molecule has 0 radical (unpaired) electrons. The lowest BCUT2D eigenvalue weighted by molar-refractivity contribution is 0.126. The van der Waals surface area contributed by atoms with Gasteiger partial charge in [0.25, 0.3) is 0 Å². The monoisotopic (exact) mass is 420 g/mol. The normalized spacial score (nSPS) is 23.0. The summed E-state index contributed by atoms with van der Waals surface area (Å²) >= 11 is 0. The summed E-state index contributed by atoms with van der Waals surface area (Å²) in [6.07, 6.45) is 3.88. The number of urea groups is 1. The first-order valence-electron chi connectivity index (χ1n) is 10.8. The Labute approximate surface area is 185 Å². The fourth-order valence-corrected chi connectivity index (χ4v) is 4.74. The van der Waals surface area contributed by atoms with Crippen molar-refractivity contribution in [2.24, 2.45) is 11.1 Å². The number of amides is 2. The molecule has 1 fully saturated rings. The van der Waals surface area contributed by atoms with Gasteiger partial charge in [-0.05, 0) is 55.3 Å². The fraction of sp³-hybridized carbons (Fsp3) is 0.440. The third kappa shape index (κ3) is 4.83. The molecule has 164 valence electrons. The number of anilines is 1. The molecule has 0 unspecified atom stereocenters. The van der Waals surface area contributed by atoms with Gasteiger partial charge in [-0.3, -0.25) is 4.90 Å². The molecule has 1 aliphatic carbocycles. The number of ether oxygens (including phenoxy) is 1. The van der Waals surface area contributed by atoms with E-state index in [1.807, 2.05) is 6.07 Å². The molecule has 6 nitrogen and oxygen atoms in total. The summed E-state index contributed by atoms with van der Waals surface area (Å²) in [6, 6.07) is 17.3. The molecule has 1 saturated carbocycles. The van der Waals surface area contributed by atoms with Crippen molar-refractivity contribution in [3.63, 3.8) is 0 Å². The minimum absolute atomic E-state index is 0.0425. The van der Waals surface area contributed by atoms with Gasteiger partial charge in [0.2, 0.25) is 0 Å². The van der Waals surface area contributed by atoms with Gasteiger partial charge in [-0.15, -0.1) is 0 Å². The average Bonchev–Trinajstić information content (AvgIpc) is 2.79. The van der Waals surface area contributed by atoms with Crippen LogP contribution in [0.3, 0.4) is 0 Å². The van der Waals surface area contributed by atoms with Gasteiger partial charge in [0, 0.05) is 18.2 Å². The smallest absolute Gasteiger partial charge is 0.319 e. The topological polar surface area (TPSA) is 91.4 Å². The van der Waals surface area contributed by atoms with Gasteiger partial charge >= 0.3 is 6.03 Å². The third-order valence-electron chi connectivity index (χ3n) is 6.56. The SMILES string of the molecule is CCN[C@]1(c2ccccc2)CC[C@@](C)(CN(C(N)=O)c2ccc(C#N)cc2OC)CC1. The van der Waals surface area contributed by atoms with Gasteiger partial charge in [0.1, 0.15) is 5.75 Å². The van der Waals surface area contributed by atoms with Gasteiger partial charge in [-0.1, -0.05) is 44.2 Å². The first-order chi connectivity index (χ1) is 14.9. The summed E-state index contributed by atoms with van der Waals surface area (Å²) < 4.78 is 5.45. The number of rotatable bonds is 7. The summed E-state index contributed by atoms with van der Waals surface area (Å²) in [7, 11) is 1.53. The molecule has 6 heteroatoms. The Balaban J connectivity index is 1.83. The van der Waals surface area contributed by atoms with E-state index in [1.165, 1.54) is 12.7 Å². The number of hydrogen-bond donors (Lipinski definition) is 2.